The van der Waals surface area contributed by atoms with E-state index in [0.717, 1.165) is 48.9 Å². The number of nitrogens with zero attached hydrogens (tertiary/aromatic N) is 2. The number of carbonyl (C=O) groups is 1. The summed E-state index contributed by atoms with van der Waals surface area (Å²) in [6.45, 7) is 7.44. The molecular weight excluding hydrogens is 480 g/mol. The number of fused-ring (bicyclic) bond motifs is 2. The first-order chi connectivity index (χ1) is 17.0. The van der Waals surface area contributed by atoms with Gasteiger partial charge >= 0.3 is 10.3 Å². The molecule has 2 heterocycles. The molecule has 1 saturated carbocycles. The fourth-order valence-electron chi connectivity index (χ4n) is 6.44. The summed E-state index contributed by atoms with van der Waals surface area (Å²) in [4.78, 5) is 18.3. The minimum atomic E-state index is -4.15. The molecule has 11 heteroatoms. The Hall–Kier alpha value is -2.37. The Morgan fingerprint density at radius 3 is 2.47 bits per heavy atom. The van der Waals surface area contributed by atoms with Gasteiger partial charge in [-0.3, -0.25) is 10.2 Å². The molecule has 0 aromatic heterocycles. The average molecular weight is 521 g/mol. The number of piperidine rings is 1. The smallest absolute Gasteiger partial charge is 0.371 e. The van der Waals surface area contributed by atoms with Gasteiger partial charge in [0.2, 0.25) is 5.91 Å². The molecule has 6 N–H and O–H groups in total. The Kier molecular flexibility index (Phi) is 7.82. The molecule has 1 aromatic carbocycles. The first-order valence-corrected chi connectivity index (χ1v) is 14.4. The first-order valence-electron chi connectivity index (χ1n) is 13.0. The van der Waals surface area contributed by atoms with E-state index < -0.39 is 15.7 Å². The zero-order valence-corrected chi connectivity index (χ0v) is 22.1. The molecule has 36 heavy (non-hydrogen) atoms. The highest BCUT2D eigenvalue weighted by Crippen LogP contribution is 2.45. The van der Waals surface area contributed by atoms with Crippen molar-refractivity contribution in [1.82, 2.24) is 15.1 Å². The number of benzene rings is 1. The third-order valence-electron chi connectivity index (χ3n) is 8.41. The van der Waals surface area contributed by atoms with E-state index in [-0.39, 0.29) is 17.6 Å². The van der Waals surface area contributed by atoms with Gasteiger partial charge in [-0.2, -0.15) is 13.6 Å². The summed E-state index contributed by atoms with van der Waals surface area (Å²) in [5, 5.41) is 15.3. The van der Waals surface area contributed by atoms with Crippen molar-refractivity contribution in [1.29, 1.82) is 5.41 Å². The second kappa shape index (κ2) is 10.5. The molecule has 2 aliphatic heterocycles. The number of likely N-dealkylation sites (tertiary alicyclic amines) is 1. The van der Waals surface area contributed by atoms with Crippen LogP contribution in [0.2, 0.25) is 0 Å². The molecule has 10 nitrogen and oxygen atoms in total. The van der Waals surface area contributed by atoms with E-state index in [1.807, 2.05) is 6.07 Å². The quantitative estimate of drug-likeness (QED) is 0.315. The van der Waals surface area contributed by atoms with Gasteiger partial charge in [0.15, 0.2) is 5.96 Å². The largest absolute Gasteiger partial charge is 0.380 e. The Labute approximate surface area is 214 Å². The number of nitrogens with two attached hydrogens (primary N) is 2. The van der Waals surface area contributed by atoms with Crippen LogP contribution in [0.1, 0.15) is 63.5 Å². The summed E-state index contributed by atoms with van der Waals surface area (Å²) in [6, 6.07) is 5.68. The van der Waals surface area contributed by atoms with Crippen LogP contribution in [0, 0.1) is 17.2 Å². The molecule has 1 amide bonds. The Morgan fingerprint density at radius 2 is 1.89 bits per heavy atom. The van der Waals surface area contributed by atoms with Gasteiger partial charge in [0.1, 0.15) is 5.75 Å². The van der Waals surface area contributed by atoms with Crippen molar-refractivity contribution in [2.45, 2.75) is 70.4 Å². The highest BCUT2D eigenvalue weighted by molar-refractivity contribution is 7.84. The van der Waals surface area contributed by atoms with Crippen molar-refractivity contribution >= 4 is 22.2 Å². The monoisotopic (exact) mass is 520 g/mol. The lowest BCUT2D eigenvalue weighted by Crippen LogP contribution is -2.58. The van der Waals surface area contributed by atoms with Crippen molar-refractivity contribution in [2.24, 2.45) is 22.7 Å². The minimum Gasteiger partial charge on any atom is -0.371 e. The first kappa shape index (κ1) is 26.7. The predicted octanol–water partition coefficient (Wildman–Crippen LogP) is 1.64. The van der Waals surface area contributed by atoms with E-state index in [1.54, 1.807) is 17.0 Å². The van der Waals surface area contributed by atoms with Crippen molar-refractivity contribution in [2.75, 3.05) is 26.2 Å². The third-order valence-corrected chi connectivity index (χ3v) is 8.84. The maximum absolute atomic E-state index is 13.9. The van der Waals surface area contributed by atoms with Crippen LogP contribution in [0.3, 0.4) is 0 Å². The van der Waals surface area contributed by atoms with E-state index in [1.165, 1.54) is 25.7 Å². The molecule has 0 unspecified atom stereocenters. The summed E-state index contributed by atoms with van der Waals surface area (Å²) >= 11 is 0. The summed E-state index contributed by atoms with van der Waals surface area (Å²) in [6.07, 6.45) is 6.42. The number of hydrogen-bond donors (Lipinski definition) is 4. The van der Waals surface area contributed by atoms with E-state index >= 15 is 0 Å². The summed E-state index contributed by atoms with van der Waals surface area (Å²) in [5.41, 5.74) is 6.58. The van der Waals surface area contributed by atoms with Crippen LogP contribution in [0.4, 0.5) is 0 Å². The zero-order valence-electron chi connectivity index (χ0n) is 21.3. The fraction of sp³-hybridized carbons (Fsp3) is 0.680. The molecule has 4 rings (SSSR count). The second-order valence-corrected chi connectivity index (χ2v) is 12.0. The molecular formula is C25H40N6O4S. The molecule has 0 bridgehead atoms. The van der Waals surface area contributed by atoms with Gasteiger partial charge in [-0.15, -0.1) is 0 Å². The second-order valence-electron chi connectivity index (χ2n) is 10.9. The van der Waals surface area contributed by atoms with Gasteiger partial charge in [0, 0.05) is 25.7 Å². The average Bonchev–Trinajstić information content (AvgIpc) is 2.81. The van der Waals surface area contributed by atoms with Crippen LogP contribution in [0.5, 0.6) is 5.75 Å². The number of hydrogen-bond acceptors (Lipinski definition) is 6. The van der Waals surface area contributed by atoms with Crippen molar-refractivity contribution in [3.63, 3.8) is 0 Å². The van der Waals surface area contributed by atoms with Crippen LogP contribution >= 0.6 is 0 Å². The van der Waals surface area contributed by atoms with Gasteiger partial charge in [0.05, 0.1) is 5.41 Å². The van der Waals surface area contributed by atoms with Gasteiger partial charge < -0.3 is 25.0 Å². The van der Waals surface area contributed by atoms with Crippen LogP contribution in [0.15, 0.2) is 18.2 Å². The summed E-state index contributed by atoms with van der Waals surface area (Å²) in [7, 11) is -4.15. The topological polar surface area (TPSA) is 155 Å². The van der Waals surface area contributed by atoms with Gasteiger partial charge in [0.25, 0.3) is 0 Å². The van der Waals surface area contributed by atoms with Crippen LogP contribution in [-0.4, -0.2) is 62.3 Å². The molecule has 0 atom stereocenters. The lowest BCUT2D eigenvalue weighted by atomic mass is 9.67. The normalized spacial score (nSPS) is 24.6. The van der Waals surface area contributed by atoms with Crippen LogP contribution in [0.25, 0.3) is 0 Å². The highest BCUT2D eigenvalue weighted by Gasteiger charge is 2.49. The number of rotatable bonds is 7. The SMILES string of the molecule is CC(C)C1CCC(N2CCC3(CC2)C(=O)N(CCNC(=N)N)Cc2cc(OS(N)(=O)=O)ccc23)CC1. The van der Waals surface area contributed by atoms with Gasteiger partial charge in [-0.1, -0.05) is 19.9 Å². The molecule has 0 radical (unpaired) electrons. The van der Waals surface area contributed by atoms with Gasteiger partial charge in [-0.25, -0.2) is 0 Å². The number of amides is 1. The van der Waals surface area contributed by atoms with Crippen molar-refractivity contribution in [3.05, 3.63) is 29.3 Å². The molecule has 1 saturated heterocycles. The van der Waals surface area contributed by atoms with E-state index in [0.29, 0.717) is 25.7 Å². The Bertz CT molecular complexity index is 1080. The molecule has 1 aromatic rings. The summed E-state index contributed by atoms with van der Waals surface area (Å²) in [5.74, 6) is 1.64. The maximum Gasteiger partial charge on any atom is 0.380 e. The number of guanidine groups is 1. The molecule has 2 fully saturated rings. The number of carbonyl (C=O) groups excluding carboxylic acids is 1. The molecule has 3 aliphatic rings. The zero-order chi connectivity index (χ0) is 26.1. The third kappa shape index (κ3) is 5.78. The van der Waals surface area contributed by atoms with Crippen molar-refractivity contribution < 1.29 is 17.4 Å². The molecule has 200 valence electrons. The minimum absolute atomic E-state index is 0.0867. The van der Waals surface area contributed by atoms with Gasteiger partial charge in [-0.05, 0) is 86.7 Å². The highest BCUT2D eigenvalue weighted by atomic mass is 32.2. The lowest BCUT2D eigenvalue weighted by Gasteiger charge is -2.49. The Balaban J connectivity index is 1.55. The Morgan fingerprint density at radius 1 is 1.22 bits per heavy atom. The maximum atomic E-state index is 13.9. The number of nitrogens with one attached hydrogen (secondary N) is 2. The predicted molar refractivity (Wildman–Crippen MR) is 139 cm³/mol. The lowest BCUT2D eigenvalue weighted by molar-refractivity contribution is -0.142. The molecule has 1 aliphatic carbocycles. The fourth-order valence-corrected chi connectivity index (χ4v) is 6.81. The standard InChI is InChI=1S/C25H40N6O4S/c1-17(2)18-3-5-20(6-4-18)30-12-9-25(10-13-30)22-8-7-21(35-36(28,33)34)15-19(22)16-31(23(25)32)14-11-29-24(26)27/h7-8,15,17-18,20H,3-6,9-14,16H2,1-2H3,(H4,26,27,29)(H2,28,33,34). The summed E-state index contributed by atoms with van der Waals surface area (Å²) < 4.78 is 27.9. The van der Waals surface area contributed by atoms with E-state index in [2.05, 4.69) is 24.1 Å². The molecule has 1 spiro atoms. The van der Waals surface area contributed by atoms with Crippen LogP contribution in [-0.2, 0) is 27.1 Å². The van der Waals surface area contributed by atoms with E-state index in [9.17, 15) is 13.2 Å². The van der Waals surface area contributed by atoms with Crippen LogP contribution < -0.4 is 20.4 Å². The van der Waals surface area contributed by atoms with E-state index in [4.69, 9.17) is 20.5 Å². The van der Waals surface area contributed by atoms with Crippen molar-refractivity contribution in [3.8, 4) is 5.75 Å².